The number of aryl methyl sites for hydroxylation is 1. The predicted octanol–water partition coefficient (Wildman–Crippen LogP) is 4.86. The van der Waals surface area contributed by atoms with Gasteiger partial charge in [0.15, 0.2) is 5.78 Å². The van der Waals surface area contributed by atoms with E-state index in [0.717, 1.165) is 37.2 Å². The molecule has 7 nitrogen and oxygen atoms in total. The standard InChI is InChI=1S/C27H29FN4O3/c1-17(33)18-5-9-22(10-6-18)29-27(34)35-16-23-13-20-11-12-32(23)15-24(20)26-14-25(30-31(26)2)19-3-7-21(28)8-4-19/h3-10,14,20,23-24H,11-13,15-16H2,1-2H3,(H,29,34)/t20-,23-,24+/m1/s1. The van der Waals surface area contributed by atoms with Gasteiger partial charge in [-0.15, -0.1) is 0 Å². The normalized spacial score (nSPS) is 23.2. The smallest absolute Gasteiger partial charge is 0.411 e. The Morgan fingerprint density at radius 2 is 1.89 bits per heavy atom. The number of fused-ring (bicyclic) bond motifs is 3. The maximum Gasteiger partial charge on any atom is 0.411 e. The second-order valence-corrected chi connectivity index (χ2v) is 9.48. The van der Waals surface area contributed by atoms with Gasteiger partial charge < -0.3 is 4.74 Å². The summed E-state index contributed by atoms with van der Waals surface area (Å²) in [7, 11) is 1.97. The van der Waals surface area contributed by atoms with Gasteiger partial charge in [0.25, 0.3) is 0 Å². The van der Waals surface area contributed by atoms with E-state index in [4.69, 9.17) is 4.74 Å². The molecule has 3 fully saturated rings. The highest BCUT2D eigenvalue weighted by molar-refractivity contribution is 5.94. The number of carbonyl (C=O) groups excluding carboxylic acids is 2. The number of carbonyl (C=O) groups is 2. The Labute approximate surface area is 203 Å². The molecular formula is C27H29FN4O3. The van der Waals surface area contributed by atoms with E-state index >= 15 is 0 Å². The summed E-state index contributed by atoms with van der Waals surface area (Å²) in [6.07, 6.45) is 1.57. The van der Waals surface area contributed by atoms with Crippen LogP contribution >= 0.6 is 0 Å². The lowest BCUT2D eigenvalue weighted by Crippen LogP contribution is -2.54. The first-order valence-electron chi connectivity index (χ1n) is 12.0. The molecule has 0 saturated carbocycles. The molecule has 8 heteroatoms. The third kappa shape index (κ3) is 4.98. The highest BCUT2D eigenvalue weighted by Gasteiger charge is 2.42. The van der Waals surface area contributed by atoms with Crippen LogP contribution in [0.3, 0.4) is 0 Å². The molecule has 1 aromatic heterocycles. The van der Waals surface area contributed by atoms with E-state index in [1.54, 1.807) is 36.4 Å². The van der Waals surface area contributed by atoms with Gasteiger partial charge in [0.2, 0.25) is 0 Å². The zero-order valence-electron chi connectivity index (χ0n) is 19.9. The van der Waals surface area contributed by atoms with Crippen molar-refractivity contribution in [3.63, 3.8) is 0 Å². The first kappa shape index (κ1) is 23.2. The largest absolute Gasteiger partial charge is 0.448 e. The summed E-state index contributed by atoms with van der Waals surface area (Å²) in [6.45, 7) is 3.74. The maximum atomic E-state index is 13.3. The van der Waals surface area contributed by atoms with Gasteiger partial charge in [0, 0.05) is 48.1 Å². The van der Waals surface area contributed by atoms with Gasteiger partial charge in [0.05, 0.1) is 5.69 Å². The molecule has 1 N–H and O–H groups in total. The Hall–Kier alpha value is -3.52. The number of ketones is 1. The fraction of sp³-hybridized carbons (Fsp3) is 0.370. The first-order chi connectivity index (χ1) is 16.9. The van der Waals surface area contributed by atoms with E-state index < -0.39 is 6.09 Å². The van der Waals surface area contributed by atoms with E-state index in [0.29, 0.717) is 29.7 Å². The summed E-state index contributed by atoms with van der Waals surface area (Å²) in [5, 5.41) is 7.41. The minimum Gasteiger partial charge on any atom is -0.448 e. The molecule has 2 bridgehead atoms. The minimum absolute atomic E-state index is 0.0170. The summed E-state index contributed by atoms with van der Waals surface area (Å²) in [4.78, 5) is 26.1. The fourth-order valence-electron chi connectivity index (χ4n) is 5.35. The Morgan fingerprint density at radius 3 is 2.54 bits per heavy atom. The zero-order valence-corrected chi connectivity index (χ0v) is 19.9. The van der Waals surface area contributed by atoms with Crippen LogP contribution in [0.1, 0.15) is 41.7 Å². The molecule has 0 spiro atoms. The van der Waals surface area contributed by atoms with Crippen LogP contribution < -0.4 is 5.32 Å². The number of amides is 1. The number of nitrogens with zero attached hydrogens (tertiary/aromatic N) is 3. The SMILES string of the molecule is CC(=O)c1ccc(NC(=O)OC[C@H]2C[C@H]3CCN2C[C@@H]3c2cc(-c3ccc(F)cc3)nn2C)cc1. The average Bonchev–Trinajstić information content (AvgIpc) is 3.25. The Morgan fingerprint density at radius 1 is 1.14 bits per heavy atom. The highest BCUT2D eigenvalue weighted by atomic mass is 19.1. The average molecular weight is 477 g/mol. The van der Waals surface area contributed by atoms with Crippen molar-refractivity contribution < 1.29 is 18.7 Å². The molecular weight excluding hydrogens is 447 g/mol. The van der Waals surface area contributed by atoms with E-state index in [9.17, 15) is 14.0 Å². The monoisotopic (exact) mass is 476 g/mol. The molecule has 3 aromatic rings. The van der Waals surface area contributed by atoms with Crippen LogP contribution in [0, 0.1) is 11.7 Å². The highest BCUT2D eigenvalue weighted by Crippen LogP contribution is 2.42. The van der Waals surface area contributed by atoms with Gasteiger partial charge in [-0.25, -0.2) is 9.18 Å². The number of halogens is 1. The van der Waals surface area contributed by atoms with Crippen LogP contribution in [0.25, 0.3) is 11.3 Å². The number of anilines is 1. The number of hydrogen-bond donors (Lipinski definition) is 1. The van der Waals surface area contributed by atoms with E-state index in [1.165, 1.54) is 24.8 Å². The molecule has 1 amide bonds. The number of ether oxygens (including phenoxy) is 1. The topological polar surface area (TPSA) is 76.5 Å². The number of benzene rings is 2. The minimum atomic E-state index is -0.490. The van der Waals surface area contributed by atoms with Crippen LogP contribution in [0.5, 0.6) is 0 Å². The van der Waals surface area contributed by atoms with E-state index in [1.807, 2.05) is 11.7 Å². The van der Waals surface area contributed by atoms with Gasteiger partial charge in [-0.05, 0) is 86.8 Å². The molecule has 35 heavy (non-hydrogen) atoms. The van der Waals surface area contributed by atoms with Crippen molar-refractivity contribution in [1.82, 2.24) is 14.7 Å². The molecule has 0 aliphatic carbocycles. The van der Waals surface area contributed by atoms with Crippen molar-refractivity contribution >= 4 is 17.6 Å². The van der Waals surface area contributed by atoms with Gasteiger partial charge in [-0.1, -0.05) is 0 Å². The lowest BCUT2D eigenvalue weighted by Gasteiger charge is -2.49. The quantitative estimate of drug-likeness (QED) is 0.515. The number of nitrogens with one attached hydrogen (secondary N) is 1. The van der Waals surface area contributed by atoms with Crippen LogP contribution in [0.2, 0.25) is 0 Å². The zero-order chi connectivity index (χ0) is 24.5. The van der Waals surface area contributed by atoms with Crippen LogP contribution in [-0.2, 0) is 11.8 Å². The van der Waals surface area contributed by atoms with Crippen molar-refractivity contribution in [3.05, 3.63) is 71.7 Å². The third-order valence-electron chi connectivity index (χ3n) is 7.26. The fourth-order valence-corrected chi connectivity index (χ4v) is 5.35. The van der Waals surface area contributed by atoms with Crippen molar-refractivity contribution in [1.29, 1.82) is 0 Å². The van der Waals surface area contributed by atoms with Crippen LogP contribution in [-0.4, -0.2) is 52.3 Å². The summed E-state index contributed by atoms with van der Waals surface area (Å²) in [5.74, 6) is 0.583. The van der Waals surface area contributed by atoms with Crippen molar-refractivity contribution in [2.24, 2.45) is 13.0 Å². The predicted molar refractivity (Wildman–Crippen MR) is 131 cm³/mol. The number of hydrogen-bond acceptors (Lipinski definition) is 5. The van der Waals surface area contributed by atoms with Crippen molar-refractivity contribution in [2.45, 2.75) is 31.7 Å². The van der Waals surface area contributed by atoms with Crippen LogP contribution in [0.4, 0.5) is 14.9 Å². The molecule has 182 valence electrons. The summed E-state index contributed by atoms with van der Waals surface area (Å²) < 4.78 is 20.8. The van der Waals surface area contributed by atoms with Crippen LogP contribution in [0.15, 0.2) is 54.6 Å². The Balaban J connectivity index is 1.18. The lowest BCUT2D eigenvalue weighted by atomic mass is 9.74. The first-order valence-corrected chi connectivity index (χ1v) is 12.0. The number of piperidine rings is 3. The molecule has 0 radical (unpaired) electrons. The lowest BCUT2D eigenvalue weighted by molar-refractivity contribution is -0.00222. The molecule has 3 aliphatic rings. The summed E-state index contributed by atoms with van der Waals surface area (Å²) >= 11 is 0. The van der Waals surface area contributed by atoms with Gasteiger partial charge in [-0.2, -0.15) is 5.10 Å². The third-order valence-corrected chi connectivity index (χ3v) is 7.26. The van der Waals surface area contributed by atoms with E-state index in [-0.39, 0.29) is 17.6 Å². The van der Waals surface area contributed by atoms with E-state index in [2.05, 4.69) is 21.4 Å². The van der Waals surface area contributed by atoms with Gasteiger partial charge in [-0.3, -0.25) is 19.7 Å². The molecule has 4 atom stereocenters. The number of rotatable bonds is 6. The maximum absolute atomic E-state index is 13.3. The van der Waals surface area contributed by atoms with Gasteiger partial charge in [0.1, 0.15) is 12.4 Å². The summed E-state index contributed by atoms with van der Waals surface area (Å²) in [6, 6.07) is 15.5. The molecule has 1 unspecified atom stereocenters. The van der Waals surface area contributed by atoms with Crippen molar-refractivity contribution in [3.8, 4) is 11.3 Å². The molecule has 6 rings (SSSR count). The second-order valence-electron chi connectivity index (χ2n) is 9.48. The Bertz CT molecular complexity index is 1220. The Kier molecular flexibility index (Phi) is 6.38. The molecule has 3 aliphatic heterocycles. The number of aromatic nitrogens is 2. The number of Topliss-reactive ketones (excluding diaryl/α,β-unsaturated/α-hetero) is 1. The molecule has 2 aromatic carbocycles. The summed E-state index contributed by atoms with van der Waals surface area (Å²) in [5.41, 5.74) is 4.14. The van der Waals surface area contributed by atoms with Crippen molar-refractivity contribution in [2.75, 3.05) is 25.0 Å². The molecule has 3 saturated heterocycles. The molecule has 4 heterocycles. The second kappa shape index (κ2) is 9.62. The van der Waals surface area contributed by atoms with Gasteiger partial charge >= 0.3 is 6.09 Å².